The first-order valence-electron chi connectivity index (χ1n) is 7.40. The van der Waals surface area contributed by atoms with Crippen LogP contribution in [-0.4, -0.2) is 6.54 Å². The molecule has 1 aromatic carbocycles. The van der Waals surface area contributed by atoms with E-state index in [1.807, 2.05) is 12.1 Å². The van der Waals surface area contributed by atoms with Gasteiger partial charge in [0.1, 0.15) is 5.82 Å². The highest BCUT2D eigenvalue weighted by Crippen LogP contribution is 2.22. The van der Waals surface area contributed by atoms with E-state index in [2.05, 4.69) is 26.1 Å². The lowest BCUT2D eigenvalue weighted by atomic mass is 9.87. The number of aryl methyl sites for hydroxylation is 1. The molecule has 19 heavy (non-hydrogen) atoms. The van der Waals surface area contributed by atoms with Crippen LogP contribution in [0.25, 0.3) is 0 Å². The fraction of sp³-hybridized carbons (Fsp3) is 0.647. The van der Waals surface area contributed by atoms with Crippen LogP contribution in [0.4, 0.5) is 4.39 Å². The second-order valence-corrected chi connectivity index (χ2v) is 6.31. The first-order chi connectivity index (χ1) is 8.94. The van der Waals surface area contributed by atoms with Gasteiger partial charge in [-0.2, -0.15) is 0 Å². The molecule has 0 heterocycles. The maximum Gasteiger partial charge on any atom is 0.126 e. The summed E-state index contributed by atoms with van der Waals surface area (Å²) in [4.78, 5) is 0. The van der Waals surface area contributed by atoms with Crippen molar-refractivity contribution < 1.29 is 4.39 Å². The van der Waals surface area contributed by atoms with Crippen molar-refractivity contribution in [3.8, 4) is 0 Å². The first-order valence-corrected chi connectivity index (χ1v) is 7.40. The summed E-state index contributed by atoms with van der Waals surface area (Å²) in [7, 11) is 0. The van der Waals surface area contributed by atoms with E-state index in [1.54, 1.807) is 13.0 Å². The Hall–Kier alpha value is -0.890. The van der Waals surface area contributed by atoms with Crippen LogP contribution < -0.4 is 5.32 Å². The molecule has 0 fully saturated rings. The SMILES string of the molecule is CCCCCC(C)(C)CNCc1ccc(C)c(F)c1. The number of halogens is 1. The highest BCUT2D eigenvalue weighted by Gasteiger charge is 2.16. The molecule has 0 aliphatic heterocycles. The molecule has 0 radical (unpaired) electrons. The molecule has 0 spiro atoms. The van der Waals surface area contributed by atoms with Crippen molar-refractivity contribution >= 4 is 0 Å². The number of unbranched alkanes of at least 4 members (excludes halogenated alkanes) is 2. The van der Waals surface area contributed by atoms with Gasteiger partial charge < -0.3 is 5.32 Å². The van der Waals surface area contributed by atoms with Crippen LogP contribution in [0.5, 0.6) is 0 Å². The van der Waals surface area contributed by atoms with Gasteiger partial charge in [0, 0.05) is 13.1 Å². The second-order valence-electron chi connectivity index (χ2n) is 6.31. The molecule has 0 aliphatic rings. The summed E-state index contributed by atoms with van der Waals surface area (Å²) < 4.78 is 13.4. The summed E-state index contributed by atoms with van der Waals surface area (Å²) in [6.07, 6.45) is 5.12. The number of benzene rings is 1. The van der Waals surface area contributed by atoms with Crippen LogP contribution in [0.1, 0.15) is 57.6 Å². The molecule has 1 nitrogen and oxygen atoms in total. The molecule has 0 unspecified atom stereocenters. The standard InChI is InChI=1S/C17H28FN/c1-5-6-7-10-17(3,4)13-19-12-15-9-8-14(2)16(18)11-15/h8-9,11,19H,5-7,10,12-13H2,1-4H3. The highest BCUT2D eigenvalue weighted by atomic mass is 19.1. The minimum atomic E-state index is -0.110. The van der Waals surface area contributed by atoms with Crippen molar-refractivity contribution in [2.45, 2.75) is 59.9 Å². The van der Waals surface area contributed by atoms with Gasteiger partial charge in [0.25, 0.3) is 0 Å². The van der Waals surface area contributed by atoms with Gasteiger partial charge in [0.05, 0.1) is 0 Å². The monoisotopic (exact) mass is 265 g/mol. The number of rotatable bonds is 8. The minimum Gasteiger partial charge on any atom is -0.312 e. The second kappa shape index (κ2) is 7.64. The Labute approximate surface area is 117 Å². The van der Waals surface area contributed by atoms with Crippen LogP contribution in [0.2, 0.25) is 0 Å². The Morgan fingerprint density at radius 2 is 1.95 bits per heavy atom. The Balaban J connectivity index is 2.34. The molecule has 0 atom stereocenters. The Morgan fingerprint density at radius 3 is 2.58 bits per heavy atom. The van der Waals surface area contributed by atoms with Crippen LogP contribution in [0.3, 0.4) is 0 Å². The molecule has 0 aromatic heterocycles. The van der Waals surface area contributed by atoms with E-state index in [9.17, 15) is 4.39 Å². The minimum absolute atomic E-state index is 0.110. The highest BCUT2D eigenvalue weighted by molar-refractivity contribution is 5.23. The average molecular weight is 265 g/mol. The Morgan fingerprint density at radius 1 is 1.21 bits per heavy atom. The molecule has 1 rings (SSSR count). The molecular weight excluding hydrogens is 237 g/mol. The molecular formula is C17H28FN. The predicted octanol–water partition coefficient (Wildman–Crippen LogP) is 4.83. The van der Waals surface area contributed by atoms with Gasteiger partial charge in [-0.1, -0.05) is 52.2 Å². The van der Waals surface area contributed by atoms with Crippen LogP contribution in [0, 0.1) is 18.2 Å². The van der Waals surface area contributed by atoms with Crippen molar-refractivity contribution in [2.24, 2.45) is 5.41 Å². The summed E-state index contributed by atoms with van der Waals surface area (Å²) in [5, 5.41) is 3.45. The third kappa shape index (κ3) is 6.20. The summed E-state index contributed by atoms with van der Waals surface area (Å²) in [5.74, 6) is -0.110. The maximum atomic E-state index is 13.4. The molecule has 2 heteroatoms. The zero-order chi connectivity index (χ0) is 14.3. The Kier molecular flexibility index (Phi) is 6.50. The van der Waals surface area contributed by atoms with E-state index >= 15 is 0 Å². The van der Waals surface area contributed by atoms with Crippen molar-refractivity contribution in [3.05, 3.63) is 35.1 Å². The van der Waals surface area contributed by atoms with Gasteiger partial charge >= 0.3 is 0 Å². The lowest BCUT2D eigenvalue weighted by Crippen LogP contribution is -2.29. The smallest absolute Gasteiger partial charge is 0.126 e. The van der Waals surface area contributed by atoms with Crippen molar-refractivity contribution in [2.75, 3.05) is 6.54 Å². The van der Waals surface area contributed by atoms with E-state index in [1.165, 1.54) is 25.7 Å². The lowest BCUT2D eigenvalue weighted by molar-refractivity contribution is 0.302. The summed E-state index contributed by atoms with van der Waals surface area (Å²) in [6, 6.07) is 5.47. The van der Waals surface area contributed by atoms with Gasteiger partial charge in [0.15, 0.2) is 0 Å². The van der Waals surface area contributed by atoms with Gasteiger partial charge in [0.2, 0.25) is 0 Å². The zero-order valence-electron chi connectivity index (χ0n) is 12.9. The molecule has 0 amide bonds. The molecule has 0 bridgehead atoms. The number of hydrogen-bond acceptors (Lipinski definition) is 1. The third-order valence-corrected chi connectivity index (χ3v) is 3.63. The van der Waals surface area contributed by atoms with Crippen LogP contribution >= 0.6 is 0 Å². The topological polar surface area (TPSA) is 12.0 Å². The average Bonchev–Trinajstić information content (AvgIpc) is 2.34. The van der Waals surface area contributed by atoms with Crippen LogP contribution in [-0.2, 0) is 6.54 Å². The molecule has 1 N–H and O–H groups in total. The third-order valence-electron chi connectivity index (χ3n) is 3.63. The van der Waals surface area contributed by atoms with E-state index in [0.717, 1.165) is 18.7 Å². The summed E-state index contributed by atoms with van der Waals surface area (Å²) in [6.45, 7) is 10.3. The Bertz CT molecular complexity index is 385. The van der Waals surface area contributed by atoms with Crippen molar-refractivity contribution in [3.63, 3.8) is 0 Å². The fourth-order valence-electron chi connectivity index (χ4n) is 2.23. The first kappa shape index (κ1) is 16.2. The van der Waals surface area contributed by atoms with E-state index < -0.39 is 0 Å². The molecule has 1 aromatic rings. The van der Waals surface area contributed by atoms with Crippen molar-refractivity contribution in [1.82, 2.24) is 5.32 Å². The molecule has 0 aliphatic carbocycles. The predicted molar refractivity (Wildman–Crippen MR) is 80.8 cm³/mol. The summed E-state index contributed by atoms with van der Waals surface area (Å²) >= 11 is 0. The van der Waals surface area contributed by atoms with Crippen molar-refractivity contribution in [1.29, 1.82) is 0 Å². The summed E-state index contributed by atoms with van der Waals surface area (Å²) in [5.41, 5.74) is 2.05. The van der Waals surface area contributed by atoms with Gasteiger partial charge in [-0.3, -0.25) is 0 Å². The van der Waals surface area contributed by atoms with E-state index in [-0.39, 0.29) is 5.82 Å². The normalized spacial score (nSPS) is 11.8. The van der Waals surface area contributed by atoms with Gasteiger partial charge in [-0.25, -0.2) is 4.39 Å². The molecule has 108 valence electrons. The van der Waals surface area contributed by atoms with Crippen LogP contribution in [0.15, 0.2) is 18.2 Å². The maximum absolute atomic E-state index is 13.4. The quantitative estimate of drug-likeness (QED) is 0.664. The number of hydrogen-bond donors (Lipinski definition) is 1. The zero-order valence-corrected chi connectivity index (χ0v) is 12.9. The van der Waals surface area contributed by atoms with E-state index in [0.29, 0.717) is 11.0 Å². The number of nitrogens with one attached hydrogen (secondary N) is 1. The largest absolute Gasteiger partial charge is 0.312 e. The van der Waals surface area contributed by atoms with Gasteiger partial charge in [-0.05, 0) is 36.0 Å². The van der Waals surface area contributed by atoms with E-state index in [4.69, 9.17) is 0 Å². The lowest BCUT2D eigenvalue weighted by Gasteiger charge is -2.25. The van der Waals surface area contributed by atoms with Gasteiger partial charge in [-0.15, -0.1) is 0 Å². The fourth-order valence-corrected chi connectivity index (χ4v) is 2.23. The molecule has 0 saturated heterocycles. The molecule has 0 saturated carbocycles.